The summed E-state index contributed by atoms with van der Waals surface area (Å²) >= 11 is 5.03. The second-order valence-corrected chi connectivity index (χ2v) is 4.77. The van der Waals surface area contributed by atoms with Gasteiger partial charge in [-0.15, -0.1) is 11.3 Å². The Morgan fingerprint density at radius 1 is 1.86 bits per heavy atom. The largest absolute Gasteiger partial charge is 0.409 e. The van der Waals surface area contributed by atoms with Crippen molar-refractivity contribution >= 4 is 33.1 Å². The fourth-order valence-corrected chi connectivity index (χ4v) is 2.29. The van der Waals surface area contributed by atoms with Crippen molar-refractivity contribution in [3.63, 3.8) is 0 Å². The van der Waals surface area contributed by atoms with E-state index in [0.717, 1.165) is 4.47 Å². The first-order valence-electron chi connectivity index (χ1n) is 4.07. The number of hydrogen-bond acceptors (Lipinski definition) is 4. The summed E-state index contributed by atoms with van der Waals surface area (Å²) in [5.74, 6) is 0.195. The fraction of sp³-hybridized carbons (Fsp3) is 0.375. The standard InChI is InChI=1S/C8H12BrN3OS/c1-5(8(10)12-13)11-3-7-2-6(9)4-14-7/h2,4-5,11,13H,3H2,1H3,(H2,10,12). The smallest absolute Gasteiger partial charge is 0.156 e. The second-order valence-electron chi connectivity index (χ2n) is 2.86. The van der Waals surface area contributed by atoms with Crippen LogP contribution in [0.25, 0.3) is 0 Å². The summed E-state index contributed by atoms with van der Waals surface area (Å²) in [5, 5.41) is 16.5. The molecule has 1 aromatic rings. The first-order chi connectivity index (χ1) is 6.63. The monoisotopic (exact) mass is 277 g/mol. The minimum atomic E-state index is -0.124. The van der Waals surface area contributed by atoms with Gasteiger partial charge in [-0.1, -0.05) is 5.16 Å². The zero-order valence-corrected chi connectivity index (χ0v) is 10.1. The molecule has 14 heavy (non-hydrogen) atoms. The molecular formula is C8H12BrN3OS. The molecule has 0 aliphatic carbocycles. The van der Waals surface area contributed by atoms with Gasteiger partial charge in [0.15, 0.2) is 5.84 Å². The van der Waals surface area contributed by atoms with E-state index < -0.39 is 0 Å². The van der Waals surface area contributed by atoms with Crippen molar-refractivity contribution in [3.8, 4) is 0 Å². The molecule has 0 aliphatic heterocycles. The molecule has 1 atom stereocenters. The second kappa shape index (κ2) is 5.33. The van der Waals surface area contributed by atoms with Crippen molar-refractivity contribution in [3.05, 3.63) is 20.8 Å². The minimum absolute atomic E-state index is 0.124. The van der Waals surface area contributed by atoms with E-state index in [2.05, 4.69) is 26.4 Å². The van der Waals surface area contributed by atoms with Crippen molar-refractivity contribution in [1.29, 1.82) is 0 Å². The maximum atomic E-state index is 8.42. The number of oxime groups is 1. The molecule has 78 valence electrons. The molecule has 1 heterocycles. The van der Waals surface area contributed by atoms with Crippen LogP contribution in [0.4, 0.5) is 0 Å². The van der Waals surface area contributed by atoms with E-state index in [1.165, 1.54) is 4.88 Å². The number of nitrogens with zero attached hydrogens (tertiary/aromatic N) is 1. The van der Waals surface area contributed by atoms with Crippen molar-refractivity contribution in [2.24, 2.45) is 10.9 Å². The Hall–Kier alpha value is -0.590. The summed E-state index contributed by atoms with van der Waals surface area (Å²) in [5.41, 5.74) is 5.42. The van der Waals surface area contributed by atoms with Crippen molar-refractivity contribution in [2.75, 3.05) is 0 Å². The zero-order valence-electron chi connectivity index (χ0n) is 7.70. The van der Waals surface area contributed by atoms with Crippen LogP contribution in [0.2, 0.25) is 0 Å². The van der Waals surface area contributed by atoms with Crippen LogP contribution in [0.15, 0.2) is 21.1 Å². The normalized spacial score (nSPS) is 14.3. The lowest BCUT2D eigenvalue weighted by atomic mass is 10.3. The average molecular weight is 278 g/mol. The number of hydrogen-bond donors (Lipinski definition) is 3. The average Bonchev–Trinajstić information content (AvgIpc) is 2.59. The van der Waals surface area contributed by atoms with Gasteiger partial charge in [0.1, 0.15) is 0 Å². The lowest BCUT2D eigenvalue weighted by molar-refractivity contribution is 0.315. The number of rotatable bonds is 4. The van der Waals surface area contributed by atoms with Crippen LogP contribution in [0.5, 0.6) is 0 Å². The Morgan fingerprint density at radius 2 is 2.57 bits per heavy atom. The van der Waals surface area contributed by atoms with Crippen LogP contribution in [0.1, 0.15) is 11.8 Å². The van der Waals surface area contributed by atoms with Gasteiger partial charge in [-0.3, -0.25) is 0 Å². The van der Waals surface area contributed by atoms with Crippen LogP contribution < -0.4 is 11.1 Å². The fourth-order valence-electron chi connectivity index (χ4n) is 0.891. The molecule has 4 nitrogen and oxygen atoms in total. The van der Waals surface area contributed by atoms with Crippen LogP contribution in [0.3, 0.4) is 0 Å². The van der Waals surface area contributed by atoms with Gasteiger partial charge >= 0.3 is 0 Å². The molecule has 0 spiro atoms. The van der Waals surface area contributed by atoms with Gasteiger partial charge in [0.05, 0.1) is 6.04 Å². The highest BCUT2D eigenvalue weighted by Gasteiger charge is 2.06. The predicted octanol–water partition coefficient (Wildman–Crippen LogP) is 1.74. The van der Waals surface area contributed by atoms with E-state index in [4.69, 9.17) is 10.9 Å². The molecule has 0 saturated carbocycles. The molecule has 0 aromatic carbocycles. The molecule has 6 heteroatoms. The number of halogens is 1. The van der Waals surface area contributed by atoms with Crippen LogP contribution >= 0.6 is 27.3 Å². The summed E-state index contributed by atoms with van der Waals surface area (Å²) in [7, 11) is 0. The summed E-state index contributed by atoms with van der Waals surface area (Å²) < 4.78 is 1.08. The topological polar surface area (TPSA) is 70.6 Å². The molecule has 0 bridgehead atoms. The third kappa shape index (κ3) is 3.28. The van der Waals surface area contributed by atoms with E-state index in [-0.39, 0.29) is 11.9 Å². The van der Waals surface area contributed by atoms with Gasteiger partial charge in [-0.2, -0.15) is 0 Å². The molecular weight excluding hydrogens is 266 g/mol. The lowest BCUT2D eigenvalue weighted by Crippen LogP contribution is -2.38. The van der Waals surface area contributed by atoms with Crippen molar-refractivity contribution in [2.45, 2.75) is 19.5 Å². The molecule has 0 aliphatic rings. The predicted molar refractivity (Wildman–Crippen MR) is 61.7 cm³/mol. The maximum Gasteiger partial charge on any atom is 0.156 e. The highest BCUT2D eigenvalue weighted by molar-refractivity contribution is 9.10. The van der Waals surface area contributed by atoms with Crippen LogP contribution in [0, 0.1) is 0 Å². The summed E-state index contributed by atoms with van der Waals surface area (Å²) in [6.07, 6.45) is 0. The molecule has 1 unspecified atom stereocenters. The van der Waals surface area contributed by atoms with Crippen LogP contribution in [-0.2, 0) is 6.54 Å². The molecule has 0 amide bonds. The SMILES string of the molecule is CC(NCc1cc(Br)cs1)C(N)=NO. The third-order valence-corrected chi connectivity index (χ3v) is 3.46. The van der Waals surface area contributed by atoms with Gasteiger partial charge in [0.25, 0.3) is 0 Å². The van der Waals surface area contributed by atoms with E-state index >= 15 is 0 Å². The molecule has 1 rings (SSSR count). The number of nitrogens with one attached hydrogen (secondary N) is 1. The number of amidine groups is 1. The van der Waals surface area contributed by atoms with Gasteiger partial charge in [-0.25, -0.2) is 0 Å². The molecule has 4 N–H and O–H groups in total. The molecule has 0 radical (unpaired) electrons. The number of thiophene rings is 1. The van der Waals surface area contributed by atoms with E-state index in [0.29, 0.717) is 6.54 Å². The molecule has 0 saturated heterocycles. The Morgan fingerprint density at radius 3 is 3.07 bits per heavy atom. The highest BCUT2D eigenvalue weighted by atomic mass is 79.9. The van der Waals surface area contributed by atoms with Gasteiger partial charge in [0.2, 0.25) is 0 Å². The van der Waals surface area contributed by atoms with E-state index in [1.807, 2.05) is 18.4 Å². The Bertz CT molecular complexity index is 326. The third-order valence-electron chi connectivity index (χ3n) is 1.76. The summed E-state index contributed by atoms with van der Waals surface area (Å²) in [4.78, 5) is 1.20. The van der Waals surface area contributed by atoms with Crippen molar-refractivity contribution in [1.82, 2.24) is 5.32 Å². The minimum Gasteiger partial charge on any atom is -0.409 e. The summed E-state index contributed by atoms with van der Waals surface area (Å²) in [6, 6.07) is 1.91. The highest BCUT2D eigenvalue weighted by Crippen LogP contribution is 2.19. The van der Waals surface area contributed by atoms with Gasteiger partial charge in [-0.05, 0) is 28.9 Å². The quantitative estimate of drug-likeness (QED) is 0.340. The Balaban J connectivity index is 2.41. The van der Waals surface area contributed by atoms with Gasteiger partial charge < -0.3 is 16.3 Å². The van der Waals surface area contributed by atoms with Crippen LogP contribution in [-0.4, -0.2) is 17.1 Å². The first kappa shape index (κ1) is 11.5. The summed E-state index contributed by atoms with van der Waals surface area (Å²) in [6.45, 7) is 2.56. The number of nitrogens with two attached hydrogens (primary N) is 1. The van der Waals surface area contributed by atoms with Crippen molar-refractivity contribution < 1.29 is 5.21 Å². The lowest BCUT2D eigenvalue weighted by Gasteiger charge is -2.10. The zero-order chi connectivity index (χ0) is 10.6. The van der Waals surface area contributed by atoms with E-state index in [1.54, 1.807) is 11.3 Å². The van der Waals surface area contributed by atoms with E-state index in [9.17, 15) is 0 Å². The Kier molecular flexibility index (Phi) is 4.37. The maximum absolute atomic E-state index is 8.42. The van der Waals surface area contributed by atoms with Gasteiger partial charge in [0, 0.05) is 21.3 Å². The first-order valence-corrected chi connectivity index (χ1v) is 5.74. The Labute approximate surface area is 94.9 Å². The molecule has 1 aromatic heterocycles. The molecule has 0 fully saturated rings.